The highest BCUT2D eigenvalue weighted by atomic mass is 32.1. The molecule has 1 aromatic heterocycles. The Kier molecular flexibility index (Phi) is 6.51. The maximum absolute atomic E-state index is 13.1. The van der Waals surface area contributed by atoms with Gasteiger partial charge in [0, 0.05) is 19.2 Å². The lowest BCUT2D eigenvalue weighted by atomic mass is 9.98. The molecule has 0 radical (unpaired) electrons. The highest BCUT2D eigenvalue weighted by Crippen LogP contribution is 2.19. The van der Waals surface area contributed by atoms with Crippen LogP contribution in [0.5, 0.6) is 5.75 Å². The summed E-state index contributed by atoms with van der Waals surface area (Å²) >= 11 is 1.63. The first-order valence-electron chi connectivity index (χ1n) is 8.75. The van der Waals surface area contributed by atoms with Crippen LogP contribution in [0.3, 0.4) is 0 Å². The number of likely N-dealkylation sites (tertiary alicyclic amines) is 1. The third-order valence-corrected chi connectivity index (χ3v) is 5.11. The first kappa shape index (κ1) is 18.7. The van der Waals surface area contributed by atoms with Gasteiger partial charge in [-0.15, -0.1) is 21.5 Å². The van der Waals surface area contributed by atoms with Gasteiger partial charge in [-0.2, -0.15) is 0 Å². The molecule has 1 aliphatic heterocycles. The number of carbonyl (C=O) groups is 1. The van der Waals surface area contributed by atoms with Crippen LogP contribution in [0, 0.1) is 18.7 Å². The van der Waals surface area contributed by atoms with E-state index in [0.29, 0.717) is 18.2 Å². The lowest BCUT2D eigenvalue weighted by Gasteiger charge is -2.32. The van der Waals surface area contributed by atoms with Gasteiger partial charge in [-0.05, 0) is 44.4 Å². The molecule has 140 valence electrons. The van der Waals surface area contributed by atoms with Crippen LogP contribution >= 0.6 is 11.3 Å². The van der Waals surface area contributed by atoms with Gasteiger partial charge in [0.15, 0.2) is 6.61 Å². The Balaban J connectivity index is 1.38. The summed E-state index contributed by atoms with van der Waals surface area (Å²) < 4.78 is 18.4. The van der Waals surface area contributed by atoms with Crippen molar-refractivity contribution >= 4 is 17.2 Å². The number of hydrogen-bond acceptors (Lipinski definition) is 6. The van der Waals surface area contributed by atoms with Gasteiger partial charge in [0.05, 0.1) is 6.54 Å². The molecule has 1 amide bonds. The number of halogens is 1. The molecule has 0 aliphatic carbocycles. The van der Waals surface area contributed by atoms with Gasteiger partial charge in [0.1, 0.15) is 21.6 Å². The van der Waals surface area contributed by atoms with Gasteiger partial charge in [-0.3, -0.25) is 9.69 Å². The van der Waals surface area contributed by atoms with Crippen molar-refractivity contribution in [2.75, 3.05) is 26.2 Å². The van der Waals surface area contributed by atoms with Crippen molar-refractivity contribution in [2.45, 2.75) is 26.3 Å². The van der Waals surface area contributed by atoms with Gasteiger partial charge >= 0.3 is 0 Å². The maximum atomic E-state index is 13.1. The van der Waals surface area contributed by atoms with E-state index in [2.05, 4.69) is 20.4 Å². The number of piperidine rings is 1. The van der Waals surface area contributed by atoms with Crippen molar-refractivity contribution < 1.29 is 13.9 Å². The Labute approximate surface area is 156 Å². The van der Waals surface area contributed by atoms with Crippen molar-refractivity contribution in [3.05, 3.63) is 40.1 Å². The maximum Gasteiger partial charge on any atom is 0.257 e. The van der Waals surface area contributed by atoms with Gasteiger partial charge in [-0.1, -0.05) is 6.07 Å². The normalized spacial score (nSPS) is 17.8. The van der Waals surface area contributed by atoms with E-state index < -0.39 is 0 Å². The average molecular weight is 378 g/mol. The average Bonchev–Trinajstić information content (AvgIpc) is 3.03. The molecule has 2 aromatic rings. The molecule has 26 heavy (non-hydrogen) atoms. The highest BCUT2D eigenvalue weighted by molar-refractivity contribution is 7.11. The minimum Gasteiger partial charge on any atom is -0.484 e. The fourth-order valence-corrected chi connectivity index (χ4v) is 3.82. The molecule has 0 saturated carbocycles. The molecule has 3 rings (SSSR count). The minimum absolute atomic E-state index is 0.107. The summed E-state index contributed by atoms with van der Waals surface area (Å²) in [5, 5.41) is 13.2. The highest BCUT2D eigenvalue weighted by Gasteiger charge is 2.21. The summed E-state index contributed by atoms with van der Waals surface area (Å²) in [4.78, 5) is 14.3. The molecule has 1 fully saturated rings. The number of nitrogens with zero attached hydrogens (tertiary/aromatic N) is 3. The zero-order valence-corrected chi connectivity index (χ0v) is 15.6. The number of aryl methyl sites for hydroxylation is 1. The molecule has 1 unspecified atom stereocenters. The van der Waals surface area contributed by atoms with Crippen molar-refractivity contribution in [1.29, 1.82) is 0 Å². The number of carbonyl (C=O) groups excluding carboxylic acids is 1. The second-order valence-electron chi connectivity index (χ2n) is 6.51. The summed E-state index contributed by atoms with van der Waals surface area (Å²) in [6.45, 7) is 5.27. The molecule has 8 heteroatoms. The topological polar surface area (TPSA) is 67.4 Å². The monoisotopic (exact) mass is 378 g/mol. The molecule has 1 N–H and O–H groups in total. The molecule has 1 aliphatic rings. The van der Waals surface area contributed by atoms with Crippen LogP contribution in [0.1, 0.15) is 22.9 Å². The zero-order valence-electron chi connectivity index (χ0n) is 14.8. The fraction of sp³-hybridized carbons (Fsp3) is 0.500. The molecule has 0 spiro atoms. The van der Waals surface area contributed by atoms with Gasteiger partial charge < -0.3 is 10.1 Å². The molecular weight excluding hydrogens is 355 g/mol. The SMILES string of the molecule is Cc1nnc(CN2CCCC(CNC(=O)COc3cccc(F)c3)C2)s1. The van der Waals surface area contributed by atoms with Crippen LogP contribution in [0.4, 0.5) is 4.39 Å². The first-order valence-corrected chi connectivity index (χ1v) is 9.56. The van der Waals surface area contributed by atoms with E-state index in [4.69, 9.17) is 4.74 Å². The summed E-state index contributed by atoms with van der Waals surface area (Å²) in [6, 6.07) is 5.79. The lowest BCUT2D eigenvalue weighted by Crippen LogP contribution is -2.41. The summed E-state index contributed by atoms with van der Waals surface area (Å²) in [5.74, 6) is 0.203. The molecule has 1 atom stereocenters. The lowest BCUT2D eigenvalue weighted by molar-refractivity contribution is -0.123. The molecule has 1 saturated heterocycles. The Morgan fingerprint density at radius 3 is 3.12 bits per heavy atom. The Morgan fingerprint density at radius 2 is 2.35 bits per heavy atom. The second kappa shape index (κ2) is 9.05. The number of nitrogens with one attached hydrogen (secondary N) is 1. The van der Waals surface area contributed by atoms with E-state index in [1.54, 1.807) is 23.5 Å². The third-order valence-electron chi connectivity index (χ3n) is 4.28. The van der Waals surface area contributed by atoms with Crippen molar-refractivity contribution in [3.8, 4) is 5.75 Å². The Hall–Kier alpha value is -2.06. The van der Waals surface area contributed by atoms with Crippen molar-refractivity contribution in [3.63, 3.8) is 0 Å². The van der Waals surface area contributed by atoms with E-state index >= 15 is 0 Å². The molecular formula is C18H23FN4O2S. The predicted molar refractivity (Wildman–Crippen MR) is 97.6 cm³/mol. The van der Waals surface area contributed by atoms with Gasteiger partial charge in [0.2, 0.25) is 0 Å². The third kappa shape index (κ3) is 5.74. The summed E-state index contributed by atoms with van der Waals surface area (Å²) in [6.07, 6.45) is 2.20. The summed E-state index contributed by atoms with van der Waals surface area (Å²) in [7, 11) is 0. The number of amides is 1. The van der Waals surface area contributed by atoms with Gasteiger partial charge in [-0.25, -0.2) is 4.39 Å². The Morgan fingerprint density at radius 1 is 1.46 bits per heavy atom. The molecule has 0 bridgehead atoms. The predicted octanol–water partition coefficient (Wildman–Crippen LogP) is 2.39. The minimum atomic E-state index is -0.379. The quantitative estimate of drug-likeness (QED) is 0.801. The molecule has 2 heterocycles. The smallest absolute Gasteiger partial charge is 0.257 e. The number of aromatic nitrogens is 2. The Bertz CT molecular complexity index is 739. The fourth-order valence-electron chi connectivity index (χ4n) is 3.07. The number of rotatable bonds is 7. The second-order valence-corrected chi connectivity index (χ2v) is 7.77. The van der Waals surface area contributed by atoms with Crippen LogP contribution < -0.4 is 10.1 Å². The first-order chi connectivity index (χ1) is 12.6. The van der Waals surface area contributed by atoms with E-state index in [1.807, 2.05) is 6.92 Å². The van der Waals surface area contributed by atoms with Crippen LogP contribution in [0.15, 0.2) is 24.3 Å². The van der Waals surface area contributed by atoms with E-state index in [9.17, 15) is 9.18 Å². The van der Waals surface area contributed by atoms with E-state index in [-0.39, 0.29) is 18.3 Å². The molecule has 6 nitrogen and oxygen atoms in total. The van der Waals surface area contributed by atoms with Crippen molar-refractivity contribution in [2.24, 2.45) is 5.92 Å². The number of ether oxygens (including phenoxy) is 1. The van der Waals surface area contributed by atoms with Crippen molar-refractivity contribution in [1.82, 2.24) is 20.4 Å². The van der Waals surface area contributed by atoms with E-state index in [0.717, 1.165) is 42.5 Å². The van der Waals surface area contributed by atoms with E-state index in [1.165, 1.54) is 12.1 Å². The summed E-state index contributed by atoms with van der Waals surface area (Å²) in [5.41, 5.74) is 0. The zero-order chi connectivity index (χ0) is 18.4. The van der Waals surface area contributed by atoms with Crippen LogP contribution in [-0.2, 0) is 11.3 Å². The number of hydrogen-bond donors (Lipinski definition) is 1. The standard InChI is InChI=1S/C18H23FN4O2S/c1-13-21-22-18(26-13)11-23-7-3-4-14(10-23)9-20-17(24)12-25-16-6-2-5-15(19)8-16/h2,5-6,8,14H,3-4,7,9-12H2,1H3,(H,20,24). The van der Waals surface area contributed by atoms with Gasteiger partial charge in [0.25, 0.3) is 5.91 Å². The molecule has 1 aromatic carbocycles. The largest absolute Gasteiger partial charge is 0.484 e. The van der Waals surface area contributed by atoms with Crippen LogP contribution in [-0.4, -0.2) is 47.2 Å². The van der Waals surface area contributed by atoms with Crippen LogP contribution in [0.2, 0.25) is 0 Å². The number of benzene rings is 1. The van der Waals surface area contributed by atoms with Crippen LogP contribution in [0.25, 0.3) is 0 Å².